The minimum absolute atomic E-state index is 0.136. The van der Waals surface area contributed by atoms with Crippen LogP contribution in [0, 0.1) is 5.41 Å². The second-order valence-corrected chi connectivity index (χ2v) is 6.60. The molecule has 2 N–H and O–H groups in total. The van der Waals surface area contributed by atoms with Crippen LogP contribution in [-0.4, -0.2) is 25.0 Å². The van der Waals surface area contributed by atoms with Gasteiger partial charge in [-0.15, -0.1) is 0 Å². The third-order valence-electron chi connectivity index (χ3n) is 2.71. The lowest BCUT2D eigenvalue weighted by molar-refractivity contribution is 0.210. The molecule has 4 heteroatoms. The summed E-state index contributed by atoms with van der Waals surface area (Å²) in [5, 5.41) is 0.803. The molecule has 0 heterocycles. The zero-order chi connectivity index (χ0) is 13.1. The molecule has 0 fully saturated rings. The second kappa shape index (κ2) is 6.19. The first-order valence-corrected chi connectivity index (χ1v) is 6.84. The van der Waals surface area contributed by atoms with Crippen molar-refractivity contribution in [2.75, 3.05) is 20.1 Å². The summed E-state index contributed by atoms with van der Waals surface area (Å²) in [5.74, 6) is 0. The second-order valence-electron chi connectivity index (χ2n) is 5.28. The molecule has 96 valence electrons. The van der Waals surface area contributed by atoms with E-state index in [0.29, 0.717) is 6.54 Å². The van der Waals surface area contributed by atoms with Gasteiger partial charge in [-0.05, 0) is 36.7 Å². The van der Waals surface area contributed by atoms with Crippen molar-refractivity contribution in [1.82, 2.24) is 4.90 Å². The van der Waals surface area contributed by atoms with Crippen molar-refractivity contribution >= 4 is 27.5 Å². The highest BCUT2D eigenvalue weighted by Crippen LogP contribution is 2.23. The molecule has 0 aromatic heterocycles. The summed E-state index contributed by atoms with van der Waals surface area (Å²) < 4.78 is 1.01. The average molecular weight is 320 g/mol. The van der Waals surface area contributed by atoms with Gasteiger partial charge in [-0.2, -0.15) is 0 Å². The Kier molecular flexibility index (Phi) is 5.45. The van der Waals surface area contributed by atoms with Gasteiger partial charge in [-0.1, -0.05) is 47.4 Å². The highest BCUT2D eigenvalue weighted by Gasteiger charge is 2.18. The van der Waals surface area contributed by atoms with Crippen LogP contribution >= 0.6 is 27.5 Å². The minimum Gasteiger partial charge on any atom is -0.330 e. The van der Waals surface area contributed by atoms with Crippen LogP contribution in [0.1, 0.15) is 19.4 Å². The third kappa shape index (κ3) is 4.96. The van der Waals surface area contributed by atoms with Gasteiger partial charge in [0.1, 0.15) is 0 Å². The van der Waals surface area contributed by atoms with E-state index in [1.165, 1.54) is 0 Å². The molecule has 0 unspecified atom stereocenters. The average Bonchev–Trinajstić information content (AvgIpc) is 2.21. The van der Waals surface area contributed by atoms with Gasteiger partial charge < -0.3 is 10.6 Å². The molecule has 0 saturated heterocycles. The zero-order valence-corrected chi connectivity index (χ0v) is 13.0. The molecule has 0 aliphatic heterocycles. The molecular formula is C13H20BrClN2. The van der Waals surface area contributed by atoms with Crippen molar-refractivity contribution in [2.24, 2.45) is 11.1 Å². The number of nitrogens with zero attached hydrogens (tertiary/aromatic N) is 1. The first-order valence-electron chi connectivity index (χ1n) is 5.66. The van der Waals surface area contributed by atoms with Crippen molar-refractivity contribution < 1.29 is 0 Å². The first kappa shape index (κ1) is 15.0. The Morgan fingerprint density at radius 3 is 2.59 bits per heavy atom. The summed E-state index contributed by atoms with van der Waals surface area (Å²) in [6, 6.07) is 6.00. The standard InChI is InChI=1S/C13H20BrClN2/c1-13(2,8-16)9-17(3)7-10-4-5-11(14)6-12(10)15/h4-6H,7-9,16H2,1-3H3. The van der Waals surface area contributed by atoms with E-state index < -0.39 is 0 Å². The predicted octanol–water partition coefficient (Wildman–Crippen LogP) is 3.52. The van der Waals surface area contributed by atoms with Crippen molar-refractivity contribution in [2.45, 2.75) is 20.4 Å². The van der Waals surface area contributed by atoms with Gasteiger partial charge in [0, 0.05) is 22.6 Å². The number of hydrogen-bond donors (Lipinski definition) is 1. The van der Waals surface area contributed by atoms with Crippen LogP contribution in [0.2, 0.25) is 5.02 Å². The van der Waals surface area contributed by atoms with Crippen LogP contribution in [-0.2, 0) is 6.54 Å². The SMILES string of the molecule is CN(Cc1ccc(Br)cc1Cl)CC(C)(C)CN. The van der Waals surface area contributed by atoms with Gasteiger partial charge in [0.05, 0.1) is 0 Å². The van der Waals surface area contributed by atoms with Crippen LogP contribution in [0.25, 0.3) is 0 Å². The normalized spacial score (nSPS) is 12.2. The molecule has 0 amide bonds. The predicted molar refractivity (Wildman–Crippen MR) is 78.3 cm³/mol. The molecule has 0 aliphatic rings. The first-order chi connectivity index (χ1) is 7.84. The molecular weight excluding hydrogens is 300 g/mol. The highest BCUT2D eigenvalue weighted by molar-refractivity contribution is 9.10. The maximum absolute atomic E-state index is 6.20. The lowest BCUT2D eigenvalue weighted by atomic mass is 9.93. The van der Waals surface area contributed by atoms with Gasteiger partial charge >= 0.3 is 0 Å². The number of nitrogens with two attached hydrogens (primary N) is 1. The van der Waals surface area contributed by atoms with Gasteiger partial charge in [-0.3, -0.25) is 0 Å². The van der Waals surface area contributed by atoms with Crippen molar-refractivity contribution in [1.29, 1.82) is 0 Å². The van der Waals surface area contributed by atoms with Gasteiger partial charge in [0.25, 0.3) is 0 Å². The van der Waals surface area contributed by atoms with E-state index in [0.717, 1.165) is 28.1 Å². The quantitative estimate of drug-likeness (QED) is 0.900. The van der Waals surface area contributed by atoms with Crippen LogP contribution < -0.4 is 5.73 Å². The summed E-state index contributed by atoms with van der Waals surface area (Å²) >= 11 is 9.61. The number of benzene rings is 1. The van der Waals surface area contributed by atoms with E-state index in [-0.39, 0.29) is 5.41 Å². The number of rotatable bonds is 5. The lowest BCUT2D eigenvalue weighted by Gasteiger charge is -2.29. The van der Waals surface area contributed by atoms with E-state index >= 15 is 0 Å². The smallest absolute Gasteiger partial charge is 0.0462 e. The molecule has 0 saturated carbocycles. The molecule has 0 atom stereocenters. The zero-order valence-electron chi connectivity index (χ0n) is 10.6. The van der Waals surface area contributed by atoms with Crippen molar-refractivity contribution in [3.63, 3.8) is 0 Å². The Labute approximate surface area is 117 Å². The Balaban J connectivity index is 2.65. The molecule has 1 aromatic rings. The fourth-order valence-electron chi connectivity index (χ4n) is 1.79. The minimum atomic E-state index is 0.136. The van der Waals surface area contributed by atoms with Crippen LogP contribution in [0.5, 0.6) is 0 Å². The fourth-order valence-corrected chi connectivity index (χ4v) is 2.53. The third-order valence-corrected chi connectivity index (χ3v) is 3.55. The summed E-state index contributed by atoms with van der Waals surface area (Å²) in [7, 11) is 2.09. The van der Waals surface area contributed by atoms with E-state index in [1.54, 1.807) is 0 Å². The van der Waals surface area contributed by atoms with Gasteiger partial charge in [0.15, 0.2) is 0 Å². The molecule has 0 radical (unpaired) electrons. The number of hydrogen-bond acceptors (Lipinski definition) is 2. The molecule has 1 aromatic carbocycles. The molecule has 0 spiro atoms. The van der Waals surface area contributed by atoms with Gasteiger partial charge in [-0.25, -0.2) is 0 Å². The molecule has 17 heavy (non-hydrogen) atoms. The topological polar surface area (TPSA) is 29.3 Å². The lowest BCUT2D eigenvalue weighted by Crippen LogP contribution is -2.36. The Morgan fingerprint density at radius 2 is 2.06 bits per heavy atom. The van der Waals surface area contributed by atoms with E-state index in [1.807, 2.05) is 12.1 Å². The monoisotopic (exact) mass is 318 g/mol. The maximum Gasteiger partial charge on any atom is 0.0462 e. The van der Waals surface area contributed by atoms with Crippen LogP contribution in [0.15, 0.2) is 22.7 Å². The Morgan fingerprint density at radius 1 is 1.41 bits per heavy atom. The highest BCUT2D eigenvalue weighted by atomic mass is 79.9. The summed E-state index contributed by atoms with van der Waals surface area (Å²) in [6.45, 7) is 6.83. The molecule has 0 bridgehead atoms. The van der Waals surface area contributed by atoms with Gasteiger partial charge in [0.2, 0.25) is 0 Å². The summed E-state index contributed by atoms with van der Waals surface area (Å²) in [4.78, 5) is 2.25. The maximum atomic E-state index is 6.20. The largest absolute Gasteiger partial charge is 0.330 e. The number of halogens is 2. The Hall–Kier alpha value is -0.0900. The molecule has 0 aliphatic carbocycles. The Bertz CT molecular complexity index is 380. The molecule has 1 rings (SSSR count). The van der Waals surface area contributed by atoms with Crippen molar-refractivity contribution in [3.8, 4) is 0 Å². The molecule has 2 nitrogen and oxygen atoms in total. The van der Waals surface area contributed by atoms with E-state index in [9.17, 15) is 0 Å². The summed E-state index contributed by atoms with van der Waals surface area (Å²) in [5.41, 5.74) is 7.02. The van der Waals surface area contributed by atoms with E-state index in [2.05, 4.69) is 47.8 Å². The van der Waals surface area contributed by atoms with Crippen LogP contribution in [0.4, 0.5) is 0 Å². The fraction of sp³-hybridized carbons (Fsp3) is 0.538. The van der Waals surface area contributed by atoms with Crippen LogP contribution in [0.3, 0.4) is 0 Å². The van der Waals surface area contributed by atoms with E-state index in [4.69, 9.17) is 17.3 Å². The van der Waals surface area contributed by atoms with Crippen molar-refractivity contribution in [3.05, 3.63) is 33.3 Å². The summed E-state index contributed by atoms with van der Waals surface area (Å²) in [6.07, 6.45) is 0.